The summed E-state index contributed by atoms with van der Waals surface area (Å²) in [5.74, 6) is 0.778. The van der Waals surface area contributed by atoms with Gasteiger partial charge in [0.15, 0.2) is 0 Å². The average molecular weight is 261 g/mol. The summed E-state index contributed by atoms with van der Waals surface area (Å²) in [5.41, 5.74) is 0. The van der Waals surface area contributed by atoms with E-state index in [1.54, 1.807) is 13.3 Å². The molecule has 0 bridgehead atoms. The molecule has 0 aromatic carbocycles. The van der Waals surface area contributed by atoms with Gasteiger partial charge in [0.1, 0.15) is 0 Å². The van der Waals surface area contributed by atoms with Crippen molar-refractivity contribution in [3.63, 3.8) is 0 Å². The van der Waals surface area contributed by atoms with Crippen LogP contribution in [0.5, 0.6) is 0 Å². The van der Waals surface area contributed by atoms with E-state index in [1.165, 1.54) is 57.8 Å². The predicted octanol–water partition coefficient (Wildman–Crippen LogP) is 4.63. The first-order valence-electron chi connectivity index (χ1n) is 7.20. The Kier molecular flexibility index (Phi) is 11.0. The van der Waals surface area contributed by atoms with E-state index >= 15 is 0 Å². The SMILES string of the molecule is CCCCCCCCCCCCS(C)(=O)=NC. The lowest BCUT2D eigenvalue weighted by atomic mass is 10.1. The predicted molar refractivity (Wildman–Crippen MR) is 79.1 cm³/mol. The third-order valence-electron chi connectivity index (χ3n) is 3.26. The monoisotopic (exact) mass is 261 g/mol. The highest BCUT2D eigenvalue weighted by molar-refractivity contribution is 7.92. The smallest absolute Gasteiger partial charge is 0.0435 e. The zero-order valence-corrected chi connectivity index (χ0v) is 12.9. The number of hydrogen-bond donors (Lipinski definition) is 0. The molecule has 0 amide bonds. The van der Waals surface area contributed by atoms with Gasteiger partial charge in [-0.2, -0.15) is 0 Å². The van der Waals surface area contributed by atoms with Crippen molar-refractivity contribution in [1.29, 1.82) is 0 Å². The molecule has 0 aromatic rings. The molecule has 0 saturated heterocycles. The highest BCUT2D eigenvalue weighted by atomic mass is 32.2. The largest absolute Gasteiger partial charge is 0.250 e. The molecular formula is C14H31NOS. The van der Waals surface area contributed by atoms with E-state index in [2.05, 4.69) is 11.3 Å². The minimum absolute atomic E-state index is 0.778. The zero-order valence-electron chi connectivity index (χ0n) is 12.0. The molecule has 1 unspecified atom stereocenters. The van der Waals surface area contributed by atoms with Gasteiger partial charge in [-0.3, -0.25) is 4.21 Å². The average Bonchev–Trinajstić information content (AvgIpc) is 2.31. The fourth-order valence-electron chi connectivity index (χ4n) is 1.95. The van der Waals surface area contributed by atoms with Crippen molar-refractivity contribution >= 4 is 9.73 Å². The number of nitrogens with zero attached hydrogens (tertiary/aromatic N) is 1. The van der Waals surface area contributed by atoms with Crippen molar-refractivity contribution in [3.8, 4) is 0 Å². The molecule has 0 aliphatic carbocycles. The van der Waals surface area contributed by atoms with Crippen LogP contribution in [0.3, 0.4) is 0 Å². The van der Waals surface area contributed by atoms with E-state index < -0.39 is 9.73 Å². The highest BCUT2D eigenvalue weighted by Crippen LogP contribution is 2.10. The molecule has 0 spiro atoms. The molecule has 0 heterocycles. The van der Waals surface area contributed by atoms with Crippen molar-refractivity contribution in [1.82, 2.24) is 0 Å². The first kappa shape index (κ1) is 16.9. The van der Waals surface area contributed by atoms with Crippen molar-refractivity contribution in [2.75, 3.05) is 19.1 Å². The van der Waals surface area contributed by atoms with Crippen LogP contribution in [0, 0.1) is 0 Å². The summed E-state index contributed by atoms with van der Waals surface area (Å²) in [6.07, 6.45) is 15.0. The lowest BCUT2D eigenvalue weighted by Crippen LogP contribution is -2.02. The van der Waals surface area contributed by atoms with Gasteiger partial charge in [0, 0.05) is 28.8 Å². The number of unbranched alkanes of at least 4 members (excludes halogenated alkanes) is 9. The standard InChI is InChI=1S/C14H31NOS/c1-4-5-6-7-8-9-10-11-12-13-14-17(3,16)15-2/h4-14H2,1-3H3. The Balaban J connectivity index is 3.17. The molecule has 0 saturated carbocycles. The van der Waals surface area contributed by atoms with E-state index in [4.69, 9.17) is 0 Å². The second kappa shape index (κ2) is 11.1. The van der Waals surface area contributed by atoms with Gasteiger partial charge >= 0.3 is 0 Å². The molecule has 0 aliphatic heterocycles. The van der Waals surface area contributed by atoms with Gasteiger partial charge in [-0.05, 0) is 6.42 Å². The molecule has 1 atom stereocenters. The van der Waals surface area contributed by atoms with Crippen LogP contribution < -0.4 is 0 Å². The topological polar surface area (TPSA) is 29.4 Å². The Labute approximate surface area is 109 Å². The van der Waals surface area contributed by atoms with Gasteiger partial charge in [-0.25, -0.2) is 4.36 Å². The normalized spacial score (nSPS) is 14.5. The van der Waals surface area contributed by atoms with E-state index in [0.29, 0.717) is 0 Å². The van der Waals surface area contributed by atoms with Crippen molar-refractivity contribution in [3.05, 3.63) is 0 Å². The Morgan fingerprint density at radius 2 is 1.24 bits per heavy atom. The van der Waals surface area contributed by atoms with E-state index in [0.717, 1.165) is 12.2 Å². The molecule has 104 valence electrons. The van der Waals surface area contributed by atoms with E-state index in [9.17, 15) is 4.21 Å². The summed E-state index contributed by atoms with van der Waals surface area (Å²) in [5, 5.41) is 0. The van der Waals surface area contributed by atoms with Gasteiger partial charge in [-0.15, -0.1) is 0 Å². The summed E-state index contributed by atoms with van der Waals surface area (Å²) in [6.45, 7) is 2.26. The third-order valence-corrected chi connectivity index (χ3v) is 5.08. The highest BCUT2D eigenvalue weighted by Gasteiger charge is 1.99. The summed E-state index contributed by atoms with van der Waals surface area (Å²) >= 11 is 0. The quantitative estimate of drug-likeness (QED) is 0.498. The lowest BCUT2D eigenvalue weighted by Gasteiger charge is -2.03. The second-order valence-electron chi connectivity index (χ2n) is 5.03. The van der Waals surface area contributed by atoms with Crippen LogP contribution in [0.1, 0.15) is 71.1 Å². The van der Waals surface area contributed by atoms with Crippen molar-refractivity contribution < 1.29 is 4.21 Å². The van der Waals surface area contributed by atoms with Gasteiger partial charge in [0.2, 0.25) is 0 Å². The van der Waals surface area contributed by atoms with Crippen LogP contribution in [0.4, 0.5) is 0 Å². The van der Waals surface area contributed by atoms with E-state index in [1.807, 2.05) is 0 Å². The molecule has 17 heavy (non-hydrogen) atoms. The fourth-order valence-corrected chi connectivity index (χ4v) is 2.87. The maximum absolute atomic E-state index is 11.6. The molecule has 0 N–H and O–H groups in total. The zero-order chi connectivity index (χ0) is 13.0. The van der Waals surface area contributed by atoms with Gasteiger partial charge < -0.3 is 0 Å². The molecule has 0 aromatic heterocycles. The first-order chi connectivity index (χ1) is 8.12. The fraction of sp³-hybridized carbons (Fsp3) is 1.00. The van der Waals surface area contributed by atoms with Crippen molar-refractivity contribution in [2.45, 2.75) is 71.1 Å². The van der Waals surface area contributed by atoms with Gasteiger partial charge in [0.05, 0.1) is 0 Å². The molecule has 0 fully saturated rings. The van der Waals surface area contributed by atoms with Crippen LogP contribution in [0.15, 0.2) is 4.36 Å². The lowest BCUT2D eigenvalue weighted by molar-refractivity contribution is 0.562. The minimum Gasteiger partial charge on any atom is -0.250 e. The molecule has 2 nitrogen and oxygen atoms in total. The summed E-state index contributed by atoms with van der Waals surface area (Å²) in [4.78, 5) is 0. The van der Waals surface area contributed by atoms with Crippen molar-refractivity contribution in [2.24, 2.45) is 4.36 Å². The summed E-state index contributed by atoms with van der Waals surface area (Å²) in [7, 11) is -0.187. The van der Waals surface area contributed by atoms with Crippen LogP contribution >= 0.6 is 0 Å². The number of hydrogen-bond acceptors (Lipinski definition) is 2. The number of rotatable bonds is 11. The second-order valence-corrected chi connectivity index (χ2v) is 7.72. The minimum atomic E-state index is -1.85. The van der Waals surface area contributed by atoms with Crippen LogP contribution in [0.2, 0.25) is 0 Å². The van der Waals surface area contributed by atoms with Gasteiger partial charge in [0.25, 0.3) is 0 Å². The van der Waals surface area contributed by atoms with E-state index in [-0.39, 0.29) is 0 Å². The van der Waals surface area contributed by atoms with Crippen LogP contribution in [-0.2, 0) is 9.73 Å². The third kappa shape index (κ3) is 12.2. The molecule has 0 radical (unpaired) electrons. The molecule has 0 rings (SSSR count). The first-order valence-corrected chi connectivity index (χ1v) is 9.29. The Morgan fingerprint density at radius 1 is 0.824 bits per heavy atom. The maximum Gasteiger partial charge on any atom is 0.0435 e. The summed E-state index contributed by atoms with van der Waals surface area (Å²) in [6, 6.07) is 0. The van der Waals surface area contributed by atoms with Crippen LogP contribution in [-0.4, -0.2) is 23.3 Å². The molecular weight excluding hydrogens is 230 g/mol. The Hall–Kier alpha value is -0.0500. The Bertz CT molecular complexity index is 267. The summed E-state index contributed by atoms with van der Waals surface area (Å²) < 4.78 is 15.5. The maximum atomic E-state index is 11.6. The Morgan fingerprint density at radius 3 is 1.65 bits per heavy atom. The van der Waals surface area contributed by atoms with Crippen LogP contribution in [0.25, 0.3) is 0 Å². The van der Waals surface area contributed by atoms with Gasteiger partial charge in [-0.1, -0.05) is 64.7 Å². The molecule has 0 aliphatic rings. The molecule has 3 heteroatoms.